The molecule has 9 heteroatoms. The van der Waals surface area contributed by atoms with Gasteiger partial charge in [-0.1, -0.05) is 0 Å². The molecule has 21 heavy (non-hydrogen) atoms. The molecule has 2 heterocycles. The van der Waals surface area contributed by atoms with Crippen LogP contribution in [0.1, 0.15) is 35.8 Å². The molecular weight excluding hydrogens is 316 g/mol. The van der Waals surface area contributed by atoms with Crippen molar-refractivity contribution in [1.82, 2.24) is 0 Å². The Balaban J connectivity index is 2.17. The lowest BCUT2D eigenvalue weighted by atomic mass is 10.2. The van der Waals surface area contributed by atoms with Gasteiger partial charge >= 0.3 is 0 Å². The third-order valence-electron chi connectivity index (χ3n) is 2.89. The molecule has 0 aliphatic heterocycles. The summed E-state index contributed by atoms with van der Waals surface area (Å²) in [5.41, 5.74) is 0.0285. The second kappa shape index (κ2) is 6.29. The van der Waals surface area contributed by atoms with Crippen molar-refractivity contribution < 1.29 is 14.6 Å². The lowest BCUT2D eigenvalue weighted by molar-refractivity contribution is -0.386. The van der Waals surface area contributed by atoms with Gasteiger partial charge in [0.1, 0.15) is 9.75 Å². The van der Waals surface area contributed by atoms with E-state index in [1.807, 2.05) is 0 Å². The highest BCUT2D eigenvalue weighted by Crippen LogP contribution is 2.39. The van der Waals surface area contributed by atoms with Crippen LogP contribution in [-0.4, -0.2) is 9.85 Å². The number of thiophene rings is 2. The van der Waals surface area contributed by atoms with Gasteiger partial charge in [0.2, 0.25) is 0 Å². The van der Waals surface area contributed by atoms with Gasteiger partial charge < -0.3 is 4.74 Å². The largest absolute Gasteiger partial charge is 0.364 e. The van der Waals surface area contributed by atoms with E-state index in [4.69, 9.17) is 4.74 Å². The van der Waals surface area contributed by atoms with Gasteiger partial charge in [0, 0.05) is 12.1 Å². The molecule has 2 aromatic rings. The van der Waals surface area contributed by atoms with Crippen molar-refractivity contribution in [3.63, 3.8) is 0 Å². The Morgan fingerprint density at radius 3 is 1.67 bits per heavy atom. The van der Waals surface area contributed by atoms with E-state index < -0.39 is 22.1 Å². The number of ether oxygens (including phenoxy) is 1. The molecule has 0 aromatic carbocycles. The van der Waals surface area contributed by atoms with Crippen molar-refractivity contribution in [2.24, 2.45) is 0 Å². The van der Waals surface area contributed by atoms with Crippen LogP contribution in [0.4, 0.5) is 11.4 Å². The summed E-state index contributed by atoms with van der Waals surface area (Å²) in [6.45, 7) is 3.41. The SMILES string of the molecule is CC(OC(C)c1sccc1[N+](=O)[O-])c1sccc1[N+](=O)[O-]. The lowest BCUT2D eigenvalue weighted by Gasteiger charge is -2.16. The molecule has 112 valence electrons. The molecule has 0 radical (unpaired) electrons. The second-order valence-electron chi connectivity index (χ2n) is 4.27. The van der Waals surface area contributed by atoms with Gasteiger partial charge in [0.25, 0.3) is 11.4 Å². The van der Waals surface area contributed by atoms with Crippen LogP contribution in [0.3, 0.4) is 0 Å². The molecule has 2 unspecified atom stereocenters. The quantitative estimate of drug-likeness (QED) is 0.576. The van der Waals surface area contributed by atoms with E-state index in [2.05, 4.69) is 0 Å². The lowest BCUT2D eigenvalue weighted by Crippen LogP contribution is -2.06. The van der Waals surface area contributed by atoms with Crippen molar-refractivity contribution in [1.29, 1.82) is 0 Å². The monoisotopic (exact) mass is 328 g/mol. The first-order valence-corrected chi connectivity index (χ1v) is 7.76. The van der Waals surface area contributed by atoms with Gasteiger partial charge in [-0.15, -0.1) is 22.7 Å². The zero-order chi connectivity index (χ0) is 15.6. The molecule has 2 atom stereocenters. The van der Waals surface area contributed by atoms with Crippen molar-refractivity contribution in [3.05, 3.63) is 52.9 Å². The van der Waals surface area contributed by atoms with E-state index in [0.29, 0.717) is 9.75 Å². The van der Waals surface area contributed by atoms with Crippen LogP contribution in [-0.2, 0) is 4.74 Å². The van der Waals surface area contributed by atoms with Gasteiger partial charge in [-0.2, -0.15) is 0 Å². The number of hydrogen-bond donors (Lipinski definition) is 0. The fraction of sp³-hybridized carbons (Fsp3) is 0.333. The van der Waals surface area contributed by atoms with Crippen molar-refractivity contribution in [3.8, 4) is 0 Å². The molecule has 0 spiro atoms. The topological polar surface area (TPSA) is 95.5 Å². The number of rotatable bonds is 6. The maximum atomic E-state index is 10.9. The summed E-state index contributed by atoms with van der Waals surface area (Å²) in [6.07, 6.45) is -1.02. The Kier molecular flexibility index (Phi) is 4.66. The predicted molar refractivity (Wildman–Crippen MR) is 79.9 cm³/mol. The average molecular weight is 328 g/mol. The minimum absolute atomic E-state index is 0.0142. The molecule has 2 aromatic heterocycles. The van der Waals surface area contributed by atoms with E-state index >= 15 is 0 Å². The summed E-state index contributed by atoms with van der Waals surface area (Å²) >= 11 is 2.48. The van der Waals surface area contributed by atoms with E-state index in [9.17, 15) is 20.2 Å². The molecule has 0 aliphatic carbocycles. The van der Waals surface area contributed by atoms with Crippen LogP contribution in [0.15, 0.2) is 22.9 Å². The molecule has 7 nitrogen and oxygen atoms in total. The third-order valence-corrected chi connectivity index (χ3v) is 5.02. The van der Waals surface area contributed by atoms with Crippen molar-refractivity contribution >= 4 is 34.0 Å². The van der Waals surface area contributed by atoms with Crippen LogP contribution in [0.25, 0.3) is 0 Å². The van der Waals surface area contributed by atoms with Gasteiger partial charge in [0.15, 0.2) is 0 Å². The maximum absolute atomic E-state index is 10.9. The Labute approximate surface area is 128 Å². The van der Waals surface area contributed by atoms with E-state index in [1.54, 1.807) is 24.6 Å². The highest BCUT2D eigenvalue weighted by molar-refractivity contribution is 7.10. The highest BCUT2D eigenvalue weighted by Gasteiger charge is 2.26. The maximum Gasteiger partial charge on any atom is 0.285 e. The summed E-state index contributed by atoms with van der Waals surface area (Å²) < 4.78 is 5.73. The van der Waals surface area contributed by atoms with Crippen LogP contribution in [0.5, 0.6) is 0 Å². The van der Waals surface area contributed by atoms with E-state index in [0.717, 1.165) is 0 Å². The minimum atomic E-state index is -0.512. The summed E-state index contributed by atoms with van der Waals surface area (Å²) in [6, 6.07) is 2.86. The average Bonchev–Trinajstić information content (AvgIpc) is 3.07. The molecule has 0 fully saturated rings. The Bertz CT molecular complexity index is 610. The van der Waals surface area contributed by atoms with Crippen LogP contribution < -0.4 is 0 Å². The molecule has 0 saturated heterocycles. The van der Waals surface area contributed by atoms with Crippen LogP contribution >= 0.6 is 22.7 Å². The van der Waals surface area contributed by atoms with Crippen LogP contribution in [0, 0.1) is 20.2 Å². The Morgan fingerprint density at radius 1 is 0.952 bits per heavy atom. The van der Waals surface area contributed by atoms with E-state index in [-0.39, 0.29) is 11.4 Å². The number of nitro groups is 2. The zero-order valence-electron chi connectivity index (χ0n) is 11.2. The zero-order valence-corrected chi connectivity index (χ0v) is 12.8. The normalized spacial score (nSPS) is 13.8. The molecular formula is C12H12N2O5S2. The summed E-state index contributed by atoms with van der Waals surface area (Å²) in [4.78, 5) is 21.9. The standard InChI is InChI=1S/C12H12N2O5S2/c1-7(11-9(13(15)16)3-5-20-11)19-8(2)12-10(14(17)18)4-6-21-12/h3-8H,1-2H3. The summed E-state index contributed by atoms with van der Waals surface area (Å²) in [5, 5.41) is 25.1. The van der Waals surface area contributed by atoms with Crippen LogP contribution in [0.2, 0.25) is 0 Å². The smallest absolute Gasteiger partial charge is 0.285 e. The highest BCUT2D eigenvalue weighted by atomic mass is 32.1. The van der Waals surface area contributed by atoms with Gasteiger partial charge in [-0.3, -0.25) is 20.2 Å². The first kappa shape index (κ1) is 15.5. The molecule has 0 bridgehead atoms. The summed E-state index contributed by atoms with van der Waals surface area (Å²) in [7, 11) is 0. The summed E-state index contributed by atoms with van der Waals surface area (Å²) in [5.74, 6) is 0. The molecule has 2 rings (SSSR count). The number of hydrogen-bond acceptors (Lipinski definition) is 7. The Hall–Kier alpha value is -1.84. The number of nitrogens with zero attached hydrogens (tertiary/aromatic N) is 2. The first-order chi connectivity index (χ1) is 9.91. The fourth-order valence-corrected chi connectivity index (χ4v) is 3.68. The predicted octanol–water partition coefficient (Wildman–Crippen LogP) is 4.46. The molecule has 0 amide bonds. The molecule has 0 aliphatic rings. The first-order valence-electron chi connectivity index (χ1n) is 6.00. The molecule has 0 N–H and O–H groups in total. The van der Waals surface area contributed by atoms with Gasteiger partial charge in [-0.25, -0.2) is 0 Å². The molecule has 0 saturated carbocycles. The van der Waals surface area contributed by atoms with Gasteiger partial charge in [-0.05, 0) is 24.6 Å². The Morgan fingerprint density at radius 2 is 1.33 bits per heavy atom. The van der Waals surface area contributed by atoms with E-state index in [1.165, 1.54) is 34.8 Å². The second-order valence-corrected chi connectivity index (χ2v) is 6.17. The third kappa shape index (κ3) is 3.26. The minimum Gasteiger partial charge on any atom is -0.364 e. The van der Waals surface area contributed by atoms with Gasteiger partial charge in [0.05, 0.1) is 22.1 Å². The van der Waals surface area contributed by atoms with Crippen molar-refractivity contribution in [2.45, 2.75) is 26.1 Å². The van der Waals surface area contributed by atoms with Crippen molar-refractivity contribution in [2.75, 3.05) is 0 Å². The fourth-order valence-electron chi connectivity index (χ4n) is 1.97.